The van der Waals surface area contributed by atoms with Crippen LogP contribution in [0.25, 0.3) is 0 Å². The lowest BCUT2D eigenvalue weighted by Crippen LogP contribution is -2.22. The highest BCUT2D eigenvalue weighted by Crippen LogP contribution is 2.27. The van der Waals surface area contributed by atoms with E-state index in [1.54, 1.807) is 18.2 Å². The molecule has 0 aliphatic carbocycles. The van der Waals surface area contributed by atoms with Gasteiger partial charge in [-0.05, 0) is 17.7 Å². The molecule has 0 amide bonds. The van der Waals surface area contributed by atoms with Crippen molar-refractivity contribution in [3.05, 3.63) is 33.8 Å². The maximum absolute atomic E-state index is 9.84. The Morgan fingerprint density at radius 1 is 1.13 bits per heavy atom. The van der Waals surface area contributed by atoms with E-state index in [0.717, 1.165) is 0 Å². The van der Waals surface area contributed by atoms with Crippen LogP contribution in [0.5, 0.6) is 0 Å². The predicted molar refractivity (Wildman–Crippen MR) is 59.2 cm³/mol. The molecule has 1 atom stereocenters. The number of aliphatic hydroxyl groups excluding tert-OH is 1. The van der Waals surface area contributed by atoms with Gasteiger partial charge in [0.25, 0.3) is 0 Å². The molecule has 1 unspecified atom stereocenters. The summed E-state index contributed by atoms with van der Waals surface area (Å²) in [4.78, 5) is 0. The minimum absolute atomic E-state index is 0.388. The number of benzene rings is 1. The number of rotatable bonds is 4. The lowest BCUT2D eigenvalue weighted by Gasteiger charge is -2.20. The van der Waals surface area contributed by atoms with Crippen molar-refractivity contribution in [1.82, 2.24) is 0 Å². The quantitative estimate of drug-likeness (QED) is 0.836. The molecule has 1 N–H and O–H groups in total. The molecule has 1 aromatic rings. The molecule has 0 aromatic heterocycles. The molecule has 0 bridgehead atoms. The van der Waals surface area contributed by atoms with Crippen LogP contribution in [0.3, 0.4) is 0 Å². The zero-order valence-electron chi connectivity index (χ0n) is 8.41. The lowest BCUT2D eigenvalue weighted by atomic mass is 10.1. The van der Waals surface area contributed by atoms with E-state index >= 15 is 0 Å². The largest absolute Gasteiger partial charge is 0.383 e. The van der Waals surface area contributed by atoms with Gasteiger partial charge in [0, 0.05) is 14.2 Å². The van der Waals surface area contributed by atoms with Crippen LogP contribution in [0.4, 0.5) is 0 Å². The summed E-state index contributed by atoms with van der Waals surface area (Å²) >= 11 is 11.6. The van der Waals surface area contributed by atoms with Crippen LogP contribution in [0.2, 0.25) is 10.0 Å². The highest BCUT2D eigenvalue weighted by Gasteiger charge is 2.20. The van der Waals surface area contributed by atoms with E-state index in [9.17, 15) is 5.11 Å². The summed E-state index contributed by atoms with van der Waals surface area (Å²) in [5.41, 5.74) is 0.595. The molecular weight excluding hydrogens is 239 g/mol. The zero-order valence-corrected chi connectivity index (χ0v) is 9.92. The SMILES string of the molecule is COC(OC)C(O)c1ccc(Cl)c(Cl)c1. The Bertz CT molecular complexity index is 326. The van der Waals surface area contributed by atoms with Gasteiger partial charge < -0.3 is 14.6 Å². The number of methoxy groups -OCH3 is 2. The summed E-state index contributed by atoms with van der Waals surface area (Å²) in [5.74, 6) is 0. The summed E-state index contributed by atoms with van der Waals surface area (Å²) in [6.07, 6.45) is -1.61. The molecule has 1 rings (SSSR count). The number of aliphatic hydroxyl groups is 1. The summed E-state index contributed by atoms with van der Waals surface area (Å²) in [7, 11) is 2.91. The van der Waals surface area contributed by atoms with Crippen LogP contribution >= 0.6 is 23.2 Å². The van der Waals surface area contributed by atoms with Crippen molar-refractivity contribution in [1.29, 1.82) is 0 Å². The van der Waals surface area contributed by atoms with E-state index in [0.29, 0.717) is 15.6 Å². The van der Waals surface area contributed by atoms with E-state index in [1.165, 1.54) is 14.2 Å². The van der Waals surface area contributed by atoms with Crippen molar-refractivity contribution < 1.29 is 14.6 Å². The third kappa shape index (κ3) is 3.06. The first-order chi connectivity index (χ1) is 7.10. The first kappa shape index (κ1) is 12.7. The van der Waals surface area contributed by atoms with Crippen LogP contribution in [-0.2, 0) is 9.47 Å². The van der Waals surface area contributed by atoms with Gasteiger partial charge in [-0.3, -0.25) is 0 Å². The molecule has 0 fully saturated rings. The molecule has 84 valence electrons. The third-order valence-corrected chi connectivity index (χ3v) is 2.75. The zero-order chi connectivity index (χ0) is 11.4. The van der Waals surface area contributed by atoms with Gasteiger partial charge in [0.1, 0.15) is 6.10 Å². The molecule has 0 heterocycles. The summed E-state index contributed by atoms with van der Waals surface area (Å²) in [6.45, 7) is 0. The van der Waals surface area contributed by atoms with Crippen molar-refractivity contribution >= 4 is 23.2 Å². The van der Waals surface area contributed by atoms with Crippen molar-refractivity contribution in [3.8, 4) is 0 Å². The smallest absolute Gasteiger partial charge is 0.187 e. The van der Waals surface area contributed by atoms with Crippen LogP contribution in [0.1, 0.15) is 11.7 Å². The van der Waals surface area contributed by atoms with Gasteiger partial charge in [-0.2, -0.15) is 0 Å². The molecular formula is C10H12Cl2O3. The summed E-state index contributed by atoms with van der Waals surface area (Å²) in [6, 6.07) is 4.87. The molecule has 3 nitrogen and oxygen atoms in total. The minimum Gasteiger partial charge on any atom is -0.383 e. The summed E-state index contributed by atoms with van der Waals surface area (Å²) in [5, 5.41) is 10.7. The Hall–Kier alpha value is -0.320. The molecule has 0 saturated heterocycles. The standard InChI is InChI=1S/C10H12Cl2O3/c1-14-10(15-2)9(13)6-3-4-7(11)8(12)5-6/h3-5,9-10,13H,1-2H3. The van der Waals surface area contributed by atoms with E-state index in [2.05, 4.69) is 0 Å². The van der Waals surface area contributed by atoms with Crippen molar-refractivity contribution in [3.63, 3.8) is 0 Å². The topological polar surface area (TPSA) is 38.7 Å². The molecule has 0 aliphatic rings. The van der Waals surface area contributed by atoms with Crippen LogP contribution in [-0.4, -0.2) is 25.6 Å². The molecule has 0 spiro atoms. The molecule has 1 aromatic carbocycles. The van der Waals surface area contributed by atoms with Gasteiger partial charge in [-0.25, -0.2) is 0 Å². The molecule has 15 heavy (non-hydrogen) atoms. The Morgan fingerprint density at radius 3 is 2.20 bits per heavy atom. The molecule has 0 saturated carbocycles. The predicted octanol–water partition coefficient (Wildman–Crippen LogP) is 2.65. The number of halogens is 2. The van der Waals surface area contributed by atoms with E-state index in [-0.39, 0.29) is 0 Å². The van der Waals surface area contributed by atoms with Crippen molar-refractivity contribution in [2.24, 2.45) is 0 Å². The number of ether oxygens (including phenoxy) is 2. The second kappa shape index (κ2) is 5.68. The van der Waals surface area contributed by atoms with Gasteiger partial charge in [0.2, 0.25) is 0 Å². The Morgan fingerprint density at radius 2 is 1.73 bits per heavy atom. The Kier molecular flexibility index (Phi) is 4.83. The average Bonchev–Trinajstić information content (AvgIpc) is 2.23. The average molecular weight is 251 g/mol. The number of hydrogen-bond donors (Lipinski definition) is 1. The first-order valence-electron chi connectivity index (χ1n) is 4.28. The Labute approximate surface area is 98.5 Å². The van der Waals surface area contributed by atoms with Crippen molar-refractivity contribution in [2.75, 3.05) is 14.2 Å². The fourth-order valence-corrected chi connectivity index (χ4v) is 1.51. The maximum atomic E-state index is 9.84. The van der Waals surface area contributed by atoms with Crippen LogP contribution in [0.15, 0.2) is 18.2 Å². The highest BCUT2D eigenvalue weighted by molar-refractivity contribution is 6.42. The summed E-state index contributed by atoms with van der Waals surface area (Å²) < 4.78 is 9.87. The van der Waals surface area contributed by atoms with Crippen LogP contribution in [0, 0.1) is 0 Å². The number of hydrogen-bond acceptors (Lipinski definition) is 3. The molecule has 0 radical (unpaired) electrons. The second-order valence-electron chi connectivity index (χ2n) is 2.96. The van der Waals surface area contributed by atoms with Gasteiger partial charge in [-0.1, -0.05) is 29.3 Å². The molecule has 0 aliphatic heterocycles. The van der Waals surface area contributed by atoms with E-state index in [1.807, 2.05) is 0 Å². The van der Waals surface area contributed by atoms with E-state index in [4.69, 9.17) is 32.7 Å². The van der Waals surface area contributed by atoms with Gasteiger partial charge in [0.05, 0.1) is 10.0 Å². The molecule has 5 heteroatoms. The monoisotopic (exact) mass is 250 g/mol. The fourth-order valence-electron chi connectivity index (χ4n) is 1.21. The third-order valence-electron chi connectivity index (χ3n) is 2.01. The normalized spacial score (nSPS) is 13.2. The van der Waals surface area contributed by atoms with Gasteiger partial charge in [0.15, 0.2) is 6.29 Å². The van der Waals surface area contributed by atoms with E-state index < -0.39 is 12.4 Å². The van der Waals surface area contributed by atoms with Gasteiger partial charge >= 0.3 is 0 Å². The highest BCUT2D eigenvalue weighted by atomic mass is 35.5. The first-order valence-corrected chi connectivity index (χ1v) is 5.04. The maximum Gasteiger partial charge on any atom is 0.187 e. The van der Waals surface area contributed by atoms with Crippen LogP contribution < -0.4 is 0 Å². The fraction of sp³-hybridized carbons (Fsp3) is 0.400. The Balaban J connectivity index is 2.90. The minimum atomic E-state index is -0.894. The van der Waals surface area contributed by atoms with Gasteiger partial charge in [-0.15, -0.1) is 0 Å². The lowest BCUT2D eigenvalue weighted by molar-refractivity contribution is -0.166. The second-order valence-corrected chi connectivity index (χ2v) is 3.77. The van der Waals surface area contributed by atoms with Crippen molar-refractivity contribution in [2.45, 2.75) is 12.4 Å².